The lowest BCUT2D eigenvalue weighted by atomic mass is 10.1. The minimum atomic E-state index is -0.522. The van der Waals surface area contributed by atoms with Gasteiger partial charge in [-0.15, -0.1) is 0 Å². The van der Waals surface area contributed by atoms with Crippen molar-refractivity contribution in [2.24, 2.45) is 5.10 Å². The summed E-state index contributed by atoms with van der Waals surface area (Å²) >= 11 is 0. The molecule has 1 aromatic heterocycles. The molecule has 0 fully saturated rings. The molecule has 0 aliphatic rings. The molecule has 1 heterocycles. The minimum Gasteiger partial charge on any atom is -0.493 e. The van der Waals surface area contributed by atoms with E-state index in [4.69, 9.17) is 14.2 Å². The van der Waals surface area contributed by atoms with E-state index in [1.54, 1.807) is 38.8 Å². The Morgan fingerprint density at radius 3 is 2.34 bits per heavy atom. The lowest BCUT2D eigenvalue weighted by Crippen LogP contribution is -2.32. The van der Waals surface area contributed by atoms with Gasteiger partial charge in [0.1, 0.15) is 5.60 Å². The number of anilines is 1. The van der Waals surface area contributed by atoms with Crippen LogP contribution >= 0.6 is 0 Å². The Balaban J connectivity index is 1.58. The van der Waals surface area contributed by atoms with Gasteiger partial charge in [-0.25, -0.2) is 9.78 Å². The molecule has 0 spiro atoms. The fourth-order valence-corrected chi connectivity index (χ4v) is 2.78. The van der Waals surface area contributed by atoms with Gasteiger partial charge in [0.25, 0.3) is 0 Å². The molecule has 9 nitrogen and oxygen atoms in total. The quantitative estimate of drug-likeness (QED) is 0.423. The second-order valence-corrected chi connectivity index (χ2v) is 7.92. The Labute approximate surface area is 186 Å². The third kappa shape index (κ3) is 6.31. The Kier molecular flexibility index (Phi) is 7.09. The van der Waals surface area contributed by atoms with Gasteiger partial charge >= 0.3 is 6.09 Å². The van der Waals surface area contributed by atoms with Crippen molar-refractivity contribution in [3.05, 3.63) is 53.7 Å². The summed E-state index contributed by atoms with van der Waals surface area (Å²) in [5, 5.41) is 6.95. The number of hydrogen-bond donors (Lipinski definition) is 2. The standard InChI is InChI=1S/C23H27N5O4/c1-23(2,3)32-22(29)25-12-15-6-8-16(9-7-15)13-26-28-21-14-24-17-10-19(30-4)20(31-5)11-18(17)27-21/h6-11,13-14H,12H2,1-5H3,(H,25,29)(H,27,28). The topological polar surface area (TPSA) is 107 Å². The van der Waals surface area contributed by atoms with Gasteiger partial charge in [0.15, 0.2) is 17.3 Å². The van der Waals surface area contributed by atoms with Gasteiger partial charge in [-0.2, -0.15) is 5.10 Å². The minimum absolute atomic E-state index is 0.380. The summed E-state index contributed by atoms with van der Waals surface area (Å²) in [4.78, 5) is 20.6. The summed E-state index contributed by atoms with van der Waals surface area (Å²) in [6.45, 7) is 5.86. The molecule has 32 heavy (non-hydrogen) atoms. The molecule has 0 atom stereocenters. The molecular weight excluding hydrogens is 410 g/mol. The molecule has 3 aromatic rings. The number of aromatic nitrogens is 2. The van der Waals surface area contributed by atoms with E-state index in [9.17, 15) is 4.79 Å². The van der Waals surface area contributed by atoms with E-state index in [1.165, 1.54) is 0 Å². The summed E-state index contributed by atoms with van der Waals surface area (Å²) in [5.74, 6) is 1.67. The van der Waals surface area contributed by atoms with Gasteiger partial charge in [-0.1, -0.05) is 24.3 Å². The zero-order chi connectivity index (χ0) is 23.1. The van der Waals surface area contributed by atoms with Crippen LogP contribution in [0.2, 0.25) is 0 Å². The molecule has 0 aliphatic heterocycles. The predicted octanol–water partition coefficient (Wildman–Crippen LogP) is 4.12. The zero-order valence-electron chi connectivity index (χ0n) is 18.8. The first-order chi connectivity index (χ1) is 15.3. The van der Waals surface area contributed by atoms with Crippen LogP contribution in [0.1, 0.15) is 31.9 Å². The monoisotopic (exact) mass is 437 g/mol. The average Bonchev–Trinajstić information content (AvgIpc) is 2.76. The first kappa shape index (κ1) is 22.8. The largest absolute Gasteiger partial charge is 0.493 e. The lowest BCUT2D eigenvalue weighted by Gasteiger charge is -2.19. The van der Waals surface area contributed by atoms with Gasteiger partial charge in [-0.3, -0.25) is 10.4 Å². The van der Waals surface area contributed by atoms with Crippen LogP contribution in [0.3, 0.4) is 0 Å². The van der Waals surface area contributed by atoms with Crippen molar-refractivity contribution in [1.29, 1.82) is 0 Å². The highest BCUT2D eigenvalue weighted by atomic mass is 16.6. The summed E-state index contributed by atoms with van der Waals surface area (Å²) < 4.78 is 15.8. The second kappa shape index (κ2) is 9.95. The first-order valence-corrected chi connectivity index (χ1v) is 10.0. The van der Waals surface area contributed by atoms with Crippen molar-refractivity contribution in [2.75, 3.05) is 19.6 Å². The lowest BCUT2D eigenvalue weighted by molar-refractivity contribution is 0.0523. The number of carbonyl (C=O) groups excluding carboxylic acids is 1. The molecule has 0 unspecified atom stereocenters. The first-order valence-electron chi connectivity index (χ1n) is 10.0. The van der Waals surface area contributed by atoms with Crippen LogP contribution in [-0.2, 0) is 11.3 Å². The Morgan fingerprint density at radius 1 is 1.06 bits per heavy atom. The maximum Gasteiger partial charge on any atom is 0.407 e. The smallest absolute Gasteiger partial charge is 0.407 e. The summed E-state index contributed by atoms with van der Waals surface area (Å²) in [7, 11) is 3.15. The number of rotatable bonds is 7. The molecule has 0 aliphatic carbocycles. The van der Waals surface area contributed by atoms with Crippen LogP contribution in [-0.4, -0.2) is 42.1 Å². The summed E-state index contributed by atoms with van der Waals surface area (Å²) in [6, 6.07) is 11.2. The van der Waals surface area contributed by atoms with E-state index >= 15 is 0 Å². The maximum atomic E-state index is 11.7. The second-order valence-electron chi connectivity index (χ2n) is 7.92. The van der Waals surface area contributed by atoms with Crippen molar-refractivity contribution >= 4 is 29.2 Å². The molecule has 9 heteroatoms. The van der Waals surface area contributed by atoms with E-state index in [1.807, 2.05) is 45.0 Å². The summed E-state index contributed by atoms with van der Waals surface area (Å²) in [6.07, 6.45) is 2.82. The molecular formula is C23H27N5O4. The number of nitrogens with one attached hydrogen (secondary N) is 2. The average molecular weight is 438 g/mol. The molecule has 2 N–H and O–H groups in total. The molecule has 2 aromatic carbocycles. The molecule has 0 saturated heterocycles. The third-order valence-electron chi connectivity index (χ3n) is 4.26. The Hall–Kier alpha value is -3.88. The molecule has 168 valence electrons. The fourth-order valence-electron chi connectivity index (χ4n) is 2.78. The number of hydrazone groups is 1. The van der Waals surface area contributed by atoms with Crippen LogP contribution in [0, 0.1) is 0 Å². The highest BCUT2D eigenvalue weighted by Crippen LogP contribution is 2.30. The van der Waals surface area contributed by atoms with Crippen LogP contribution in [0.5, 0.6) is 11.5 Å². The highest BCUT2D eigenvalue weighted by Gasteiger charge is 2.15. The maximum absolute atomic E-state index is 11.7. The molecule has 0 bridgehead atoms. The van der Waals surface area contributed by atoms with Crippen LogP contribution in [0.4, 0.5) is 10.6 Å². The Morgan fingerprint density at radius 2 is 1.72 bits per heavy atom. The normalized spacial score (nSPS) is 11.4. The van der Waals surface area contributed by atoms with E-state index in [0.717, 1.165) is 11.1 Å². The van der Waals surface area contributed by atoms with Gasteiger partial charge < -0.3 is 19.5 Å². The number of fused-ring (bicyclic) bond motifs is 1. The Bertz CT molecular complexity index is 1110. The van der Waals surface area contributed by atoms with Crippen LogP contribution < -0.4 is 20.2 Å². The van der Waals surface area contributed by atoms with E-state index in [2.05, 4.69) is 25.8 Å². The van der Waals surface area contributed by atoms with Crippen molar-refractivity contribution in [3.63, 3.8) is 0 Å². The number of methoxy groups -OCH3 is 2. The number of nitrogens with zero attached hydrogens (tertiary/aromatic N) is 3. The number of ether oxygens (including phenoxy) is 3. The molecule has 0 saturated carbocycles. The van der Waals surface area contributed by atoms with Crippen molar-refractivity contribution < 1.29 is 19.0 Å². The number of hydrogen-bond acceptors (Lipinski definition) is 8. The predicted molar refractivity (Wildman–Crippen MR) is 123 cm³/mol. The van der Waals surface area contributed by atoms with Crippen molar-refractivity contribution in [1.82, 2.24) is 15.3 Å². The molecule has 0 radical (unpaired) electrons. The molecule has 1 amide bonds. The van der Waals surface area contributed by atoms with E-state index in [-0.39, 0.29) is 0 Å². The summed E-state index contributed by atoms with van der Waals surface area (Å²) in [5.41, 5.74) is 5.54. The van der Waals surface area contributed by atoms with Crippen LogP contribution in [0.15, 0.2) is 47.7 Å². The van der Waals surface area contributed by atoms with E-state index in [0.29, 0.717) is 34.9 Å². The van der Waals surface area contributed by atoms with Gasteiger partial charge in [-0.05, 0) is 31.9 Å². The molecule has 3 rings (SSSR count). The number of amides is 1. The van der Waals surface area contributed by atoms with Gasteiger partial charge in [0, 0.05) is 18.7 Å². The van der Waals surface area contributed by atoms with Crippen molar-refractivity contribution in [2.45, 2.75) is 32.9 Å². The van der Waals surface area contributed by atoms with Crippen molar-refractivity contribution in [3.8, 4) is 11.5 Å². The van der Waals surface area contributed by atoms with Gasteiger partial charge in [0.2, 0.25) is 0 Å². The fraction of sp³-hybridized carbons (Fsp3) is 0.304. The van der Waals surface area contributed by atoms with E-state index < -0.39 is 11.7 Å². The van der Waals surface area contributed by atoms with Crippen LogP contribution in [0.25, 0.3) is 11.0 Å². The zero-order valence-corrected chi connectivity index (χ0v) is 18.8. The van der Waals surface area contributed by atoms with Gasteiger partial charge in [0.05, 0.1) is 37.7 Å². The SMILES string of the molecule is COc1cc2ncc(NN=Cc3ccc(CNC(=O)OC(C)(C)C)cc3)nc2cc1OC. The number of alkyl carbamates (subject to hydrolysis) is 1. The highest BCUT2D eigenvalue weighted by molar-refractivity contribution is 5.81. The third-order valence-corrected chi connectivity index (χ3v) is 4.26. The number of carbonyl (C=O) groups is 1. The number of benzene rings is 2.